The Labute approximate surface area is 140 Å². The molecule has 132 valence electrons. The van der Waals surface area contributed by atoms with Crippen molar-refractivity contribution in [1.82, 2.24) is 15.6 Å². The molecule has 0 aliphatic heterocycles. The molecule has 8 heteroatoms. The summed E-state index contributed by atoms with van der Waals surface area (Å²) in [5.41, 5.74) is 1.78. The smallest absolute Gasteiger partial charge is 0.290 e. The minimum Gasteiger partial charge on any atom is -0.470 e. The number of hydrogen-bond donors (Lipinski definition) is 2. The predicted octanol–water partition coefficient (Wildman–Crippen LogP) is 2.00. The van der Waals surface area contributed by atoms with Crippen molar-refractivity contribution in [3.05, 3.63) is 28.8 Å². The SMILES string of the molecule is CCCCc1noc(C)c1COc1cc(C(=O)N[C@H](C)CO)on1. The maximum Gasteiger partial charge on any atom is 0.290 e. The Kier molecular flexibility index (Phi) is 6.36. The molecule has 0 aromatic carbocycles. The van der Waals surface area contributed by atoms with Crippen molar-refractivity contribution in [2.24, 2.45) is 0 Å². The molecule has 0 aliphatic carbocycles. The van der Waals surface area contributed by atoms with Gasteiger partial charge in [0.15, 0.2) is 0 Å². The molecular formula is C16H23N3O5. The van der Waals surface area contributed by atoms with Crippen molar-refractivity contribution in [2.45, 2.75) is 52.7 Å². The number of carbonyl (C=O) groups is 1. The topological polar surface area (TPSA) is 111 Å². The number of aliphatic hydroxyl groups is 1. The quantitative estimate of drug-likeness (QED) is 0.720. The lowest BCUT2D eigenvalue weighted by atomic mass is 10.1. The summed E-state index contributed by atoms with van der Waals surface area (Å²) in [4.78, 5) is 11.9. The minimum atomic E-state index is -0.455. The zero-order valence-electron chi connectivity index (χ0n) is 14.2. The number of nitrogens with one attached hydrogen (secondary N) is 1. The summed E-state index contributed by atoms with van der Waals surface area (Å²) in [6, 6.07) is 1.04. The Morgan fingerprint density at radius 1 is 1.42 bits per heavy atom. The molecule has 2 aromatic rings. The first kappa shape index (κ1) is 18.0. The average molecular weight is 337 g/mol. The standard InChI is InChI=1S/C16H23N3O5/c1-4-5-6-13-12(11(3)23-18-13)9-22-15-7-14(24-19-15)16(21)17-10(2)8-20/h7,10,20H,4-6,8-9H2,1-3H3,(H,17,21)/t10-/m1/s1. The van der Waals surface area contributed by atoms with Gasteiger partial charge < -0.3 is 24.2 Å². The number of unbranched alkanes of at least 4 members (excludes halogenated alkanes) is 1. The number of aliphatic hydroxyl groups excluding tert-OH is 1. The maximum absolute atomic E-state index is 11.9. The number of nitrogens with zero attached hydrogens (tertiary/aromatic N) is 2. The van der Waals surface area contributed by atoms with Gasteiger partial charge in [-0.2, -0.15) is 0 Å². The molecule has 0 unspecified atom stereocenters. The number of amides is 1. The molecule has 0 saturated carbocycles. The third-order valence-corrected chi connectivity index (χ3v) is 3.56. The lowest BCUT2D eigenvalue weighted by molar-refractivity contribution is 0.0884. The van der Waals surface area contributed by atoms with Crippen LogP contribution in [0.4, 0.5) is 0 Å². The number of rotatable bonds is 9. The highest BCUT2D eigenvalue weighted by molar-refractivity contribution is 5.91. The van der Waals surface area contributed by atoms with E-state index in [2.05, 4.69) is 22.6 Å². The van der Waals surface area contributed by atoms with Crippen molar-refractivity contribution in [2.75, 3.05) is 6.61 Å². The normalized spacial score (nSPS) is 12.2. The second-order valence-electron chi connectivity index (χ2n) is 5.64. The fourth-order valence-corrected chi connectivity index (χ4v) is 2.08. The molecule has 0 aliphatic rings. The Bertz CT molecular complexity index is 664. The van der Waals surface area contributed by atoms with Gasteiger partial charge in [-0.3, -0.25) is 4.79 Å². The highest BCUT2D eigenvalue weighted by Crippen LogP contribution is 2.19. The van der Waals surface area contributed by atoms with Crippen LogP contribution >= 0.6 is 0 Å². The molecule has 2 rings (SSSR count). The van der Waals surface area contributed by atoms with Crippen molar-refractivity contribution in [3.63, 3.8) is 0 Å². The van der Waals surface area contributed by atoms with Crippen LogP contribution in [-0.4, -0.2) is 34.0 Å². The summed E-state index contributed by atoms with van der Waals surface area (Å²) >= 11 is 0. The molecule has 2 heterocycles. The van der Waals surface area contributed by atoms with Gasteiger partial charge in [-0.15, -0.1) is 0 Å². The molecule has 2 aromatic heterocycles. The Hall–Kier alpha value is -2.35. The van der Waals surface area contributed by atoms with Gasteiger partial charge >= 0.3 is 0 Å². The zero-order valence-corrected chi connectivity index (χ0v) is 14.2. The molecule has 0 radical (unpaired) electrons. The predicted molar refractivity (Wildman–Crippen MR) is 84.7 cm³/mol. The largest absolute Gasteiger partial charge is 0.470 e. The maximum atomic E-state index is 11.9. The van der Waals surface area contributed by atoms with E-state index in [0.717, 1.165) is 30.5 Å². The first-order chi connectivity index (χ1) is 11.5. The highest BCUT2D eigenvalue weighted by Gasteiger charge is 2.17. The van der Waals surface area contributed by atoms with Gasteiger partial charge in [0.2, 0.25) is 5.76 Å². The number of hydrogen-bond acceptors (Lipinski definition) is 7. The van der Waals surface area contributed by atoms with Crippen molar-refractivity contribution < 1.29 is 23.7 Å². The molecule has 0 bridgehead atoms. The van der Waals surface area contributed by atoms with E-state index in [4.69, 9.17) is 18.9 Å². The Balaban J connectivity index is 1.96. The van der Waals surface area contributed by atoms with E-state index in [9.17, 15) is 4.79 Å². The van der Waals surface area contributed by atoms with Gasteiger partial charge in [0.25, 0.3) is 11.8 Å². The summed E-state index contributed by atoms with van der Waals surface area (Å²) in [6.45, 7) is 5.71. The minimum absolute atomic E-state index is 0.0264. The van der Waals surface area contributed by atoms with Gasteiger partial charge in [0.1, 0.15) is 12.4 Å². The fourth-order valence-electron chi connectivity index (χ4n) is 2.08. The molecular weight excluding hydrogens is 314 g/mol. The fraction of sp³-hybridized carbons (Fsp3) is 0.562. The summed E-state index contributed by atoms with van der Waals surface area (Å²) in [5, 5.41) is 19.3. The third kappa shape index (κ3) is 4.58. The molecule has 2 N–H and O–H groups in total. The summed E-state index contributed by atoms with van der Waals surface area (Å²) in [7, 11) is 0. The number of aromatic nitrogens is 2. The van der Waals surface area contributed by atoms with E-state index in [1.165, 1.54) is 6.07 Å². The van der Waals surface area contributed by atoms with Crippen LogP contribution in [0.15, 0.2) is 15.1 Å². The van der Waals surface area contributed by atoms with Crippen LogP contribution in [-0.2, 0) is 13.0 Å². The molecule has 0 fully saturated rings. The van der Waals surface area contributed by atoms with Crippen LogP contribution in [0, 0.1) is 6.92 Å². The van der Waals surface area contributed by atoms with Crippen LogP contribution in [0.5, 0.6) is 5.88 Å². The second-order valence-corrected chi connectivity index (χ2v) is 5.64. The van der Waals surface area contributed by atoms with Crippen LogP contribution in [0.3, 0.4) is 0 Å². The van der Waals surface area contributed by atoms with Gasteiger partial charge in [0, 0.05) is 6.04 Å². The summed E-state index contributed by atoms with van der Waals surface area (Å²) < 4.78 is 15.8. The first-order valence-corrected chi connectivity index (χ1v) is 8.00. The van der Waals surface area contributed by atoms with E-state index < -0.39 is 5.91 Å². The van der Waals surface area contributed by atoms with Gasteiger partial charge in [-0.05, 0) is 31.8 Å². The summed E-state index contributed by atoms with van der Waals surface area (Å²) in [6.07, 6.45) is 2.93. The molecule has 0 saturated heterocycles. The summed E-state index contributed by atoms with van der Waals surface area (Å²) in [5.74, 6) is 0.486. The monoisotopic (exact) mass is 337 g/mol. The van der Waals surface area contributed by atoms with Crippen LogP contribution < -0.4 is 10.1 Å². The number of ether oxygens (including phenoxy) is 1. The van der Waals surface area contributed by atoms with Gasteiger partial charge in [0.05, 0.1) is 23.9 Å². The molecule has 24 heavy (non-hydrogen) atoms. The van der Waals surface area contributed by atoms with E-state index >= 15 is 0 Å². The highest BCUT2D eigenvalue weighted by atomic mass is 16.5. The average Bonchev–Trinajstić information content (AvgIpc) is 3.18. The molecule has 1 amide bonds. The van der Waals surface area contributed by atoms with Crippen LogP contribution in [0.25, 0.3) is 0 Å². The lowest BCUT2D eigenvalue weighted by Crippen LogP contribution is -2.34. The van der Waals surface area contributed by atoms with E-state index in [1.54, 1.807) is 6.92 Å². The first-order valence-electron chi connectivity index (χ1n) is 8.00. The molecule has 1 atom stereocenters. The van der Waals surface area contributed by atoms with Crippen LogP contribution in [0.2, 0.25) is 0 Å². The Morgan fingerprint density at radius 2 is 2.21 bits per heavy atom. The second kappa shape index (κ2) is 8.49. The Morgan fingerprint density at radius 3 is 2.92 bits per heavy atom. The lowest BCUT2D eigenvalue weighted by Gasteiger charge is -2.07. The van der Waals surface area contributed by atoms with E-state index in [-0.39, 0.29) is 30.9 Å². The molecule has 8 nitrogen and oxygen atoms in total. The van der Waals surface area contributed by atoms with Crippen molar-refractivity contribution >= 4 is 5.91 Å². The van der Waals surface area contributed by atoms with Gasteiger partial charge in [-0.25, -0.2) is 0 Å². The number of aryl methyl sites for hydroxylation is 2. The molecule has 0 spiro atoms. The van der Waals surface area contributed by atoms with E-state index in [0.29, 0.717) is 5.76 Å². The van der Waals surface area contributed by atoms with E-state index in [1.807, 2.05) is 6.92 Å². The zero-order chi connectivity index (χ0) is 17.5. The third-order valence-electron chi connectivity index (χ3n) is 3.56. The van der Waals surface area contributed by atoms with Gasteiger partial charge in [-0.1, -0.05) is 18.5 Å². The van der Waals surface area contributed by atoms with Crippen LogP contribution in [0.1, 0.15) is 54.3 Å². The van der Waals surface area contributed by atoms with Crippen molar-refractivity contribution in [1.29, 1.82) is 0 Å². The number of carbonyl (C=O) groups excluding carboxylic acids is 1. The van der Waals surface area contributed by atoms with Crippen molar-refractivity contribution in [3.8, 4) is 5.88 Å².